The van der Waals surface area contributed by atoms with E-state index < -0.39 is 0 Å². The Labute approximate surface area is 124 Å². The smallest absolute Gasteiger partial charge is 0.294 e. The number of carbonyl (C=O) groups is 1. The third-order valence-electron chi connectivity index (χ3n) is 2.67. The van der Waals surface area contributed by atoms with Crippen molar-refractivity contribution in [3.05, 3.63) is 30.2 Å². The highest BCUT2D eigenvalue weighted by Crippen LogP contribution is 2.30. The summed E-state index contributed by atoms with van der Waals surface area (Å²) < 4.78 is 12.4. The van der Waals surface area contributed by atoms with Crippen LogP contribution in [-0.4, -0.2) is 30.4 Å². The number of hydrogen-bond acceptors (Lipinski definition) is 6. The van der Waals surface area contributed by atoms with Crippen LogP contribution < -0.4 is 5.32 Å². The van der Waals surface area contributed by atoms with Crippen LogP contribution in [0.4, 0.5) is 5.69 Å². The topological polar surface area (TPSA) is 60.5 Å². The number of carbonyl (C=O) groups excluding carboxylic acids is 1. The summed E-state index contributed by atoms with van der Waals surface area (Å²) in [4.78, 5) is 16.4. The normalized spacial score (nSPS) is 14.3. The first-order chi connectivity index (χ1) is 9.76. The van der Waals surface area contributed by atoms with Crippen LogP contribution in [0.25, 0.3) is 10.2 Å². The number of thioether (sulfide) groups is 1. The molecule has 20 heavy (non-hydrogen) atoms. The van der Waals surface area contributed by atoms with Gasteiger partial charge in [-0.05, 0) is 24.5 Å². The summed E-state index contributed by atoms with van der Waals surface area (Å²) in [6, 6.07) is 5.64. The molecule has 1 N–H and O–H groups in total. The molecule has 1 aromatic carbocycles. The number of nitrogens with one attached hydrogen (secondary N) is 1. The first kappa shape index (κ1) is 13.3. The van der Waals surface area contributed by atoms with Crippen molar-refractivity contribution < 1.29 is 14.3 Å². The molecule has 1 aliphatic heterocycles. The summed E-state index contributed by atoms with van der Waals surface area (Å²) in [7, 11) is 0. The second kappa shape index (κ2) is 5.72. The van der Waals surface area contributed by atoms with Gasteiger partial charge in [-0.1, -0.05) is 11.8 Å². The second-order valence-electron chi connectivity index (χ2n) is 4.02. The Morgan fingerprint density at radius 3 is 3.10 bits per heavy atom. The fourth-order valence-electron chi connectivity index (χ4n) is 1.75. The van der Waals surface area contributed by atoms with Crippen LogP contribution in [0.1, 0.15) is 0 Å². The number of benzene rings is 1. The lowest BCUT2D eigenvalue weighted by Crippen LogP contribution is -2.21. The van der Waals surface area contributed by atoms with Gasteiger partial charge in [0.15, 0.2) is 4.34 Å². The number of nitrogens with zero attached hydrogens (tertiary/aromatic N) is 1. The van der Waals surface area contributed by atoms with Crippen LogP contribution in [0.15, 0.2) is 34.6 Å². The van der Waals surface area contributed by atoms with E-state index in [1.54, 1.807) is 23.1 Å². The average Bonchev–Trinajstić information content (AvgIpc) is 2.90. The molecular formula is C13H12N2O3S2. The first-order valence-electron chi connectivity index (χ1n) is 5.97. The minimum Gasteiger partial charge on any atom is -0.494 e. The maximum Gasteiger partial charge on any atom is 0.294 e. The molecule has 0 saturated heterocycles. The molecule has 2 heterocycles. The third kappa shape index (κ3) is 2.73. The molecule has 0 radical (unpaired) electrons. The fraction of sp³-hybridized carbons (Fsp3) is 0.231. The van der Waals surface area contributed by atoms with Gasteiger partial charge in [0.25, 0.3) is 5.91 Å². The summed E-state index contributed by atoms with van der Waals surface area (Å²) in [5.74, 6) is -0.107. The summed E-state index contributed by atoms with van der Waals surface area (Å²) >= 11 is 3.22. The van der Waals surface area contributed by atoms with Crippen LogP contribution in [0.5, 0.6) is 0 Å². The highest BCUT2D eigenvalue weighted by molar-refractivity contribution is 8.00. The Kier molecular flexibility index (Phi) is 3.79. The number of amides is 1. The van der Waals surface area contributed by atoms with Crippen LogP contribution in [0.3, 0.4) is 0 Å². The minimum atomic E-state index is -0.307. The molecule has 5 nitrogen and oxygen atoms in total. The molecule has 0 aliphatic carbocycles. The molecule has 3 rings (SSSR count). The molecule has 1 aromatic heterocycles. The molecule has 0 unspecified atom stereocenters. The molecule has 7 heteroatoms. The molecular weight excluding hydrogens is 296 g/mol. The van der Waals surface area contributed by atoms with Crippen molar-refractivity contribution in [3.8, 4) is 0 Å². The predicted molar refractivity (Wildman–Crippen MR) is 80.0 cm³/mol. The van der Waals surface area contributed by atoms with Gasteiger partial charge in [-0.3, -0.25) is 4.79 Å². The van der Waals surface area contributed by atoms with Gasteiger partial charge in [-0.25, -0.2) is 4.98 Å². The molecule has 0 fully saturated rings. The van der Waals surface area contributed by atoms with Gasteiger partial charge >= 0.3 is 0 Å². The molecule has 0 bridgehead atoms. The molecule has 1 amide bonds. The van der Waals surface area contributed by atoms with E-state index in [1.807, 2.05) is 24.5 Å². The van der Waals surface area contributed by atoms with E-state index in [1.165, 1.54) is 6.26 Å². The van der Waals surface area contributed by atoms with Crippen LogP contribution >= 0.6 is 23.1 Å². The number of rotatable bonds is 3. The van der Waals surface area contributed by atoms with Crippen molar-refractivity contribution >= 4 is 44.9 Å². The van der Waals surface area contributed by atoms with Crippen LogP contribution in [0, 0.1) is 0 Å². The van der Waals surface area contributed by atoms with Crippen LogP contribution in [-0.2, 0) is 14.3 Å². The van der Waals surface area contributed by atoms with E-state index in [0.29, 0.717) is 18.9 Å². The lowest BCUT2D eigenvalue weighted by atomic mass is 10.3. The Hall–Kier alpha value is -1.73. The standard InChI is InChI=1S/C13H12N2O3S2/c1-19-13-15-9-3-2-8(6-11(9)20-13)14-12(16)10-7-17-4-5-18-10/h2-3,6-7H,4-5H2,1H3,(H,14,16). The molecule has 0 atom stereocenters. The Bertz CT molecular complexity index is 681. The first-order valence-corrected chi connectivity index (χ1v) is 8.01. The van der Waals surface area contributed by atoms with E-state index >= 15 is 0 Å². The highest BCUT2D eigenvalue weighted by Gasteiger charge is 2.15. The fourth-order valence-corrected chi connectivity index (χ4v) is 3.28. The SMILES string of the molecule is CSc1nc2ccc(NC(=O)C3=COCCO3)cc2s1. The van der Waals surface area contributed by atoms with Gasteiger partial charge in [0.2, 0.25) is 5.76 Å². The van der Waals surface area contributed by atoms with E-state index in [0.717, 1.165) is 14.6 Å². The average molecular weight is 308 g/mol. The van der Waals surface area contributed by atoms with Crippen molar-refractivity contribution in [2.24, 2.45) is 0 Å². The molecule has 1 aliphatic rings. The van der Waals surface area contributed by atoms with Gasteiger partial charge in [0, 0.05) is 5.69 Å². The number of fused-ring (bicyclic) bond motifs is 1. The van der Waals surface area contributed by atoms with E-state index in [4.69, 9.17) is 9.47 Å². The number of hydrogen-bond donors (Lipinski definition) is 1. The molecule has 2 aromatic rings. The zero-order valence-corrected chi connectivity index (χ0v) is 12.3. The van der Waals surface area contributed by atoms with Crippen molar-refractivity contribution in [1.29, 1.82) is 0 Å². The maximum absolute atomic E-state index is 12.0. The lowest BCUT2D eigenvalue weighted by Gasteiger charge is -2.14. The van der Waals surface area contributed by atoms with Crippen LogP contribution in [0.2, 0.25) is 0 Å². The number of aromatic nitrogens is 1. The van der Waals surface area contributed by atoms with Crippen molar-refractivity contribution in [2.45, 2.75) is 4.34 Å². The summed E-state index contributed by atoms with van der Waals surface area (Å²) in [5.41, 5.74) is 1.66. The third-order valence-corrected chi connectivity index (χ3v) is 4.68. The van der Waals surface area contributed by atoms with Gasteiger partial charge in [-0.2, -0.15) is 0 Å². The minimum absolute atomic E-state index is 0.199. The molecule has 0 saturated carbocycles. The summed E-state index contributed by atoms with van der Waals surface area (Å²) in [6.45, 7) is 0.866. The molecule has 0 spiro atoms. The Balaban J connectivity index is 1.80. The van der Waals surface area contributed by atoms with Crippen molar-refractivity contribution in [2.75, 3.05) is 24.8 Å². The highest BCUT2D eigenvalue weighted by atomic mass is 32.2. The van der Waals surface area contributed by atoms with E-state index in [-0.39, 0.29) is 11.7 Å². The molecule has 104 valence electrons. The van der Waals surface area contributed by atoms with Gasteiger partial charge in [0.05, 0.1) is 10.2 Å². The maximum atomic E-state index is 12.0. The monoisotopic (exact) mass is 308 g/mol. The van der Waals surface area contributed by atoms with E-state index in [2.05, 4.69) is 10.3 Å². The quantitative estimate of drug-likeness (QED) is 0.884. The number of anilines is 1. The Morgan fingerprint density at radius 2 is 2.35 bits per heavy atom. The Morgan fingerprint density at radius 1 is 1.45 bits per heavy atom. The second-order valence-corrected chi connectivity index (χ2v) is 6.11. The van der Waals surface area contributed by atoms with Gasteiger partial charge < -0.3 is 14.8 Å². The zero-order valence-electron chi connectivity index (χ0n) is 10.7. The van der Waals surface area contributed by atoms with Crippen molar-refractivity contribution in [3.63, 3.8) is 0 Å². The zero-order chi connectivity index (χ0) is 13.9. The van der Waals surface area contributed by atoms with Crippen molar-refractivity contribution in [1.82, 2.24) is 4.98 Å². The lowest BCUT2D eigenvalue weighted by molar-refractivity contribution is -0.117. The van der Waals surface area contributed by atoms with E-state index in [9.17, 15) is 4.79 Å². The number of thiazole rings is 1. The largest absolute Gasteiger partial charge is 0.494 e. The number of ether oxygens (including phenoxy) is 2. The van der Waals surface area contributed by atoms with Gasteiger partial charge in [0.1, 0.15) is 19.5 Å². The summed E-state index contributed by atoms with van der Waals surface area (Å²) in [5, 5.41) is 2.79. The van der Waals surface area contributed by atoms with Gasteiger partial charge in [-0.15, -0.1) is 11.3 Å². The predicted octanol–water partition coefficient (Wildman–Crippen LogP) is 2.84. The summed E-state index contributed by atoms with van der Waals surface area (Å²) in [6.07, 6.45) is 3.34.